The lowest BCUT2D eigenvalue weighted by Gasteiger charge is -2.43. The zero-order valence-corrected chi connectivity index (χ0v) is 72.7. The van der Waals surface area contributed by atoms with Crippen LogP contribution in [0.2, 0.25) is 0 Å². The highest BCUT2D eigenvalue weighted by Crippen LogP contribution is 2.43. The largest absolute Gasteiger partial charge is 0.491 e. The SMILES string of the molecule is C=C=C.CC(C)Oc1cccc(CN2CCC(=O)CC2)c1.CC(C)Oc1cccc(CN2CCC(C#N)(Nc3cc(F)ccc3-c3ccc(S(=O)(=O)N(C)C)cc3)CC2)c1.CC(C)Oc1cccc(CN2CCC3(CC2)C(=N)NC(=O)N3c2cc(F)ccc2-c2ccc(S(=O)(=O)N(C)C)cc2)c1.Cl.ClCCl.O.O=C=NS(=O)(=O)Cl.[B][B][B]. The van der Waals surface area contributed by atoms with E-state index >= 15 is 0 Å². The Labute approximate surface area is 712 Å². The third-order valence-electron chi connectivity index (χ3n) is 18.0. The molecule has 0 saturated carbocycles. The maximum Gasteiger partial charge on any atom is 0.350 e. The predicted octanol–water partition coefficient (Wildman–Crippen LogP) is 13.9. The van der Waals surface area contributed by atoms with Gasteiger partial charge in [-0.2, -0.15) is 13.7 Å². The first-order valence-electron chi connectivity index (χ1n) is 36.6. The van der Waals surface area contributed by atoms with Crippen LogP contribution in [0.15, 0.2) is 191 Å². The van der Waals surface area contributed by atoms with Gasteiger partial charge in [-0.15, -0.1) is 41.3 Å². The molecule has 36 heteroatoms. The van der Waals surface area contributed by atoms with Crippen molar-refractivity contribution in [3.63, 3.8) is 0 Å². The minimum Gasteiger partial charge on any atom is -0.491 e. The van der Waals surface area contributed by atoms with Crippen LogP contribution in [0, 0.1) is 28.4 Å². The number of rotatable bonds is 22. The number of anilines is 2. The number of ether oxygens (including phenoxy) is 3. The number of benzene rings is 7. The Bertz CT molecular complexity index is 4850. The van der Waals surface area contributed by atoms with Gasteiger partial charge >= 0.3 is 15.3 Å². The molecule has 0 aromatic heterocycles. The summed E-state index contributed by atoms with van der Waals surface area (Å²) in [7, 11) is 9.08. The van der Waals surface area contributed by atoms with E-state index in [1.165, 1.54) is 87.2 Å². The zero-order valence-electron chi connectivity index (χ0n) is 67.2. The van der Waals surface area contributed by atoms with Gasteiger partial charge in [0.2, 0.25) is 20.0 Å². The number of nitrogens with zero attached hydrogens (tertiary/aromatic N) is 8. The molecule has 4 saturated heterocycles. The summed E-state index contributed by atoms with van der Waals surface area (Å²) in [6, 6.07) is 47.7. The van der Waals surface area contributed by atoms with Gasteiger partial charge in [0, 0.05) is 150 Å². The topological polar surface area (TPSA) is 316 Å². The number of urea groups is 1. The molecule has 1 spiro atoms. The van der Waals surface area contributed by atoms with Crippen molar-refractivity contribution in [3.05, 3.63) is 205 Å². The molecule has 4 aliphatic rings. The maximum atomic E-state index is 14.7. The second-order valence-corrected chi connectivity index (χ2v) is 35.2. The van der Waals surface area contributed by atoms with Gasteiger partial charge in [-0.05, 0) is 192 Å². The van der Waals surface area contributed by atoms with Crippen LogP contribution in [0.1, 0.15) is 96.8 Å². The zero-order chi connectivity index (χ0) is 85.4. The Hall–Kier alpha value is -8.44. The molecule has 4 fully saturated rings. The normalized spacial score (nSPS) is 15.0. The number of hydrogen-bond donors (Lipinski definition) is 3. The fourth-order valence-electron chi connectivity index (χ4n) is 12.7. The van der Waals surface area contributed by atoms with Gasteiger partial charge in [0.25, 0.3) is 6.08 Å². The summed E-state index contributed by atoms with van der Waals surface area (Å²) in [5, 5.41) is 25.2. The molecule has 0 unspecified atom stereocenters. The van der Waals surface area contributed by atoms with Crippen LogP contribution in [0.5, 0.6) is 17.2 Å². The predicted molar refractivity (Wildman–Crippen MR) is 466 cm³/mol. The molecular formula is C81H101B3Cl4F2N11O13S3. The lowest BCUT2D eigenvalue weighted by molar-refractivity contribution is -0.121. The standard InChI is InChI=1S/C31H36FN5O4S.C30H35FN4O3S.C15H21NO2.C3H4.CH2Cl2.CClNO3S.B3.ClH.H2O/c1-21(2)41-25-7-5-6-22(18-25)20-36-16-14-31(15-17-36)29(33)34-30(38)37(31)28-19-24(32)10-13-27(28)23-8-11-26(12-9-23)42(39,40)35(3)4;1-22(2)38-26-7-5-6-23(18-26)20-35-16-14-30(21-32,15-17-35)33-29-19-25(31)10-13-28(29)24-8-11-27(12-9-24)39(36,37)34(3)4;1-12(2)18-15-5-3-4-13(10-15)11-16-8-6-14(17)7-9-16;1-3-2;2-1-3;2-7(5,6)3-1-4;1-3-2;;/h5-13,18-19,21H,14-17,20H2,1-4H3,(H2,33,34,38);5-13,18-19,22,33H,14-17,20H2,1-4H3;3-5,10,12H,6-9,11H2,1-2H3;1-2H2;1H2;;;1H;1H2. The third kappa shape index (κ3) is 32.0. The van der Waals surface area contributed by atoms with E-state index in [0.717, 1.165) is 81.9 Å². The van der Waals surface area contributed by atoms with Gasteiger partial charge in [-0.3, -0.25) is 35.1 Å². The van der Waals surface area contributed by atoms with Crippen molar-refractivity contribution in [2.24, 2.45) is 4.40 Å². The first-order chi connectivity index (χ1) is 54.3. The summed E-state index contributed by atoms with van der Waals surface area (Å²) >= 11 is 9.53. The maximum absolute atomic E-state index is 14.7. The summed E-state index contributed by atoms with van der Waals surface area (Å²) in [4.78, 5) is 42.4. The molecule has 0 atom stereocenters. The number of carbonyl (C=O) groups is 2. The van der Waals surface area contributed by atoms with E-state index in [2.05, 4.69) is 111 Å². The van der Waals surface area contributed by atoms with Gasteiger partial charge in [-0.1, -0.05) is 78.2 Å². The number of piperidine rings is 3. The van der Waals surface area contributed by atoms with E-state index in [-0.39, 0.29) is 57.2 Å². The minimum absolute atomic E-state index is 0. The molecule has 5 N–H and O–H groups in total. The monoisotopic (exact) mass is 1740 g/mol. The van der Waals surface area contributed by atoms with Gasteiger partial charge in [0.15, 0.2) is 0 Å². The molecule has 7 aromatic rings. The Morgan fingerprint density at radius 2 is 0.974 bits per heavy atom. The van der Waals surface area contributed by atoms with Gasteiger partial charge < -0.3 is 25.0 Å². The fraction of sp³-hybridized carbons (Fsp3) is 0.383. The van der Waals surface area contributed by atoms with Gasteiger partial charge in [0.05, 0.1) is 45.2 Å². The number of halogens is 6. The first-order valence-corrected chi connectivity index (χ1v) is 42.8. The highest BCUT2D eigenvalue weighted by atomic mass is 35.7. The average molecular weight is 1750 g/mol. The second-order valence-electron chi connectivity index (χ2n) is 27.9. The van der Waals surface area contributed by atoms with Crippen molar-refractivity contribution in [2.75, 3.05) is 83.0 Å². The number of Topliss-reactive ketones (excluding diaryl/α,β-unsaturated/α-hetero) is 1. The van der Waals surface area contributed by atoms with Crippen LogP contribution >= 0.6 is 46.3 Å². The number of nitriles is 1. The number of hydrogen-bond acceptors (Lipinski definition) is 18. The number of isocyanates is 1. The Kier molecular flexibility index (Phi) is 43.2. The summed E-state index contributed by atoms with van der Waals surface area (Å²) in [6.45, 7) is 25.1. The molecule has 4 heterocycles. The highest BCUT2D eigenvalue weighted by molar-refractivity contribution is 8.12. The number of amides is 2. The number of ketones is 1. The Balaban J connectivity index is 0.000000432. The van der Waals surface area contributed by atoms with Crippen molar-refractivity contribution in [2.45, 2.75) is 139 Å². The lowest BCUT2D eigenvalue weighted by Crippen LogP contribution is -2.56. The van der Waals surface area contributed by atoms with E-state index < -0.39 is 58.0 Å². The van der Waals surface area contributed by atoms with E-state index in [1.54, 1.807) is 36.4 Å². The van der Waals surface area contributed by atoms with Crippen LogP contribution in [0.25, 0.3) is 22.3 Å². The van der Waals surface area contributed by atoms with E-state index in [1.807, 2.05) is 84.0 Å². The summed E-state index contributed by atoms with van der Waals surface area (Å²) in [6.07, 6.45) is 4.66. The first kappa shape index (κ1) is 103. The fourth-order valence-corrected chi connectivity index (χ4v) is 14.7. The molecule has 0 aliphatic carbocycles. The van der Waals surface area contributed by atoms with Crippen LogP contribution in [0.4, 0.5) is 25.0 Å². The number of sulfonamides is 2. The number of alkyl halides is 2. The molecule has 4 aliphatic heterocycles. The van der Waals surface area contributed by atoms with Crippen LogP contribution < -0.4 is 29.7 Å². The number of nitrogens with one attached hydrogen (secondary N) is 3. The van der Waals surface area contributed by atoms with Crippen molar-refractivity contribution in [1.82, 2.24) is 28.6 Å². The molecule has 2 amide bonds. The lowest BCUT2D eigenvalue weighted by atomic mass is 9.40. The second kappa shape index (κ2) is 49.2. The molecule has 24 nitrogen and oxygen atoms in total. The van der Waals surface area contributed by atoms with E-state index in [0.29, 0.717) is 105 Å². The smallest absolute Gasteiger partial charge is 0.350 e. The molecule has 627 valence electrons. The van der Waals surface area contributed by atoms with Crippen molar-refractivity contribution >= 4 is 133 Å². The average Bonchev–Trinajstić information content (AvgIpc) is 1.59. The van der Waals surface area contributed by atoms with Crippen molar-refractivity contribution in [3.8, 4) is 45.6 Å². The molecule has 5 radical (unpaired) electrons. The molecule has 0 bridgehead atoms. The molecule has 11 rings (SSSR count). The Morgan fingerprint density at radius 3 is 1.32 bits per heavy atom. The van der Waals surface area contributed by atoms with Gasteiger partial charge in [0.1, 0.15) is 51.6 Å². The Morgan fingerprint density at radius 1 is 0.615 bits per heavy atom. The quantitative estimate of drug-likeness (QED) is 0.0142. The van der Waals surface area contributed by atoms with Crippen molar-refractivity contribution in [1.29, 1.82) is 10.7 Å². The van der Waals surface area contributed by atoms with Crippen molar-refractivity contribution < 1.29 is 68.1 Å². The summed E-state index contributed by atoms with van der Waals surface area (Å²) in [5.41, 5.74) is 7.43. The molecule has 7 aromatic carbocycles. The third-order valence-corrected chi connectivity index (χ3v) is 22.1. The number of likely N-dealkylation sites (tertiary alicyclic amines) is 3. The summed E-state index contributed by atoms with van der Waals surface area (Å²) in [5.74, 6) is 2.16. The van der Waals surface area contributed by atoms with Crippen LogP contribution in [0.3, 0.4) is 0 Å². The van der Waals surface area contributed by atoms with E-state index in [4.69, 9.17) is 47.6 Å². The van der Waals surface area contributed by atoms with Gasteiger partial charge in [-0.25, -0.2) is 43.8 Å². The number of amidine groups is 1. The molecule has 117 heavy (non-hydrogen) atoms. The van der Waals surface area contributed by atoms with Crippen LogP contribution in [-0.4, -0.2) is 202 Å². The summed E-state index contributed by atoms with van der Waals surface area (Å²) < 4.78 is 120. The minimum atomic E-state index is -4.00. The van der Waals surface area contributed by atoms with E-state index in [9.17, 15) is 48.9 Å². The van der Waals surface area contributed by atoms with Crippen LogP contribution in [-0.2, 0) is 58.5 Å². The highest BCUT2D eigenvalue weighted by Gasteiger charge is 2.53. The number of carbonyl (C=O) groups excluding carboxylic acids is 3. The molecular weight excluding hydrogens is 1640 g/mol.